The third-order valence-corrected chi connectivity index (χ3v) is 5.17. The van der Waals surface area contributed by atoms with E-state index in [1.54, 1.807) is 25.3 Å². The number of aromatic nitrogens is 1. The van der Waals surface area contributed by atoms with E-state index in [-0.39, 0.29) is 17.2 Å². The lowest BCUT2D eigenvalue weighted by Crippen LogP contribution is -2.23. The van der Waals surface area contributed by atoms with Crippen LogP contribution in [-0.4, -0.2) is 19.1 Å². The number of nitrogens with one attached hydrogen (secondary N) is 2. The molecule has 0 fully saturated rings. The number of sulfonamides is 1. The number of pyridine rings is 1. The molecule has 3 rings (SSSR count). The summed E-state index contributed by atoms with van der Waals surface area (Å²) in [6.45, 7) is 1.78. The largest absolute Gasteiger partial charge is 0.297 e. The van der Waals surface area contributed by atoms with Crippen LogP contribution >= 0.6 is 0 Å². The fraction of sp³-hybridized carbons (Fsp3) is 0.100. The van der Waals surface area contributed by atoms with E-state index in [9.17, 15) is 8.42 Å². The fourth-order valence-corrected chi connectivity index (χ4v) is 3.46. The first-order chi connectivity index (χ1) is 12.5. The highest BCUT2D eigenvalue weighted by molar-refractivity contribution is 7.89. The zero-order valence-corrected chi connectivity index (χ0v) is 15.0. The van der Waals surface area contributed by atoms with Gasteiger partial charge in [-0.25, -0.2) is 13.1 Å². The first-order valence-corrected chi connectivity index (χ1v) is 9.43. The van der Waals surface area contributed by atoms with E-state index in [2.05, 4.69) is 21.5 Å². The summed E-state index contributed by atoms with van der Waals surface area (Å²) in [6, 6.07) is 15.7. The van der Waals surface area contributed by atoms with Crippen LogP contribution in [0.1, 0.15) is 18.1 Å². The highest BCUT2D eigenvalue weighted by Crippen LogP contribution is 2.17. The molecule has 5 nitrogen and oxygen atoms in total. The molecule has 0 unspecified atom stereocenters. The number of hydrogen-bond acceptors (Lipinski definition) is 4. The van der Waals surface area contributed by atoms with Crippen LogP contribution in [0.15, 0.2) is 65.7 Å². The summed E-state index contributed by atoms with van der Waals surface area (Å²) in [7, 11) is -3.64. The van der Waals surface area contributed by atoms with E-state index in [1.807, 2.05) is 30.3 Å². The summed E-state index contributed by atoms with van der Waals surface area (Å²) in [4.78, 5) is 4.45. The molecule has 0 aliphatic carbocycles. The van der Waals surface area contributed by atoms with Crippen LogP contribution in [0.2, 0.25) is 0 Å². The highest BCUT2D eigenvalue weighted by Gasteiger charge is 2.14. The van der Waals surface area contributed by atoms with Gasteiger partial charge in [0, 0.05) is 23.7 Å². The first kappa shape index (κ1) is 17.8. The summed E-state index contributed by atoms with van der Waals surface area (Å²) >= 11 is 0. The van der Waals surface area contributed by atoms with Gasteiger partial charge in [0.2, 0.25) is 10.0 Å². The van der Waals surface area contributed by atoms with E-state index in [4.69, 9.17) is 5.41 Å². The molecule has 26 heavy (non-hydrogen) atoms. The summed E-state index contributed by atoms with van der Waals surface area (Å²) in [5.41, 5.74) is 2.61. The van der Waals surface area contributed by atoms with Gasteiger partial charge in [0.15, 0.2) is 0 Å². The maximum Gasteiger partial charge on any atom is 0.240 e. The smallest absolute Gasteiger partial charge is 0.240 e. The van der Waals surface area contributed by atoms with Gasteiger partial charge in [-0.15, -0.1) is 0 Å². The van der Waals surface area contributed by atoms with Crippen molar-refractivity contribution in [3.8, 4) is 11.8 Å². The molecule has 2 aromatic carbocycles. The van der Waals surface area contributed by atoms with Crippen molar-refractivity contribution in [3.05, 3.63) is 71.9 Å². The van der Waals surface area contributed by atoms with E-state index in [0.29, 0.717) is 5.56 Å². The molecule has 0 spiro atoms. The Kier molecular flexibility index (Phi) is 5.12. The molecule has 1 aromatic heterocycles. The topological polar surface area (TPSA) is 82.9 Å². The Morgan fingerprint density at radius 1 is 1.12 bits per heavy atom. The van der Waals surface area contributed by atoms with Crippen molar-refractivity contribution < 1.29 is 8.42 Å². The Labute approximate surface area is 152 Å². The first-order valence-electron chi connectivity index (χ1n) is 7.95. The van der Waals surface area contributed by atoms with Gasteiger partial charge in [0.1, 0.15) is 0 Å². The van der Waals surface area contributed by atoms with Gasteiger partial charge in [-0.2, -0.15) is 0 Å². The SMILES string of the molecule is CC(=N)C#Cc1ccc(S(=O)(=O)NCc2ccnc3ccccc23)cc1. The maximum absolute atomic E-state index is 12.5. The fourth-order valence-electron chi connectivity index (χ4n) is 2.45. The average molecular weight is 363 g/mol. The van der Waals surface area contributed by atoms with Crippen molar-refractivity contribution in [1.82, 2.24) is 9.71 Å². The Hall–Kier alpha value is -3.01. The molecule has 0 bridgehead atoms. The van der Waals surface area contributed by atoms with Gasteiger partial charge in [-0.3, -0.25) is 10.4 Å². The molecule has 0 atom stereocenters. The molecule has 0 saturated heterocycles. The van der Waals surface area contributed by atoms with Crippen LogP contribution in [0, 0.1) is 17.3 Å². The van der Waals surface area contributed by atoms with E-state index in [0.717, 1.165) is 16.5 Å². The second-order valence-corrected chi connectivity index (χ2v) is 7.48. The van der Waals surface area contributed by atoms with E-state index in [1.165, 1.54) is 12.1 Å². The van der Waals surface area contributed by atoms with E-state index < -0.39 is 10.0 Å². The number of benzene rings is 2. The molecule has 6 heteroatoms. The number of hydrogen-bond donors (Lipinski definition) is 2. The lowest BCUT2D eigenvalue weighted by Gasteiger charge is -2.09. The average Bonchev–Trinajstić information content (AvgIpc) is 2.65. The molecule has 3 aromatic rings. The van der Waals surface area contributed by atoms with Crippen LogP contribution < -0.4 is 4.72 Å². The zero-order chi connectivity index (χ0) is 18.6. The molecule has 0 saturated carbocycles. The zero-order valence-electron chi connectivity index (χ0n) is 14.2. The minimum atomic E-state index is -3.64. The van der Waals surface area contributed by atoms with Crippen LogP contribution in [0.25, 0.3) is 10.9 Å². The molecule has 0 amide bonds. The van der Waals surface area contributed by atoms with Gasteiger partial charge in [-0.05, 0) is 54.8 Å². The van der Waals surface area contributed by atoms with Crippen LogP contribution in [-0.2, 0) is 16.6 Å². The molecule has 1 heterocycles. The van der Waals surface area contributed by atoms with Gasteiger partial charge < -0.3 is 0 Å². The van der Waals surface area contributed by atoms with Gasteiger partial charge >= 0.3 is 0 Å². The Bertz CT molecular complexity index is 1120. The molecular weight excluding hydrogens is 346 g/mol. The van der Waals surface area contributed by atoms with Crippen molar-refractivity contribution >= 4 is 26.6 Å². The predicted molar refractivity (Wildman–Crippen MR) is 102 cm³/mol. The Balaban J connectivity index is 1.79. The molecule has 0 aliphatic rings. The Morgan fingerprint density at radius 2 is 1.85 bits per heavy atom. The van der Waals surface area contributed by atoms with Crippen molar-refractivity contribution in [2.75, 3.05) is 0 Å². The normalized spacial score (nSPS) is 11.0. The second kappa shape index (κ2) is 7.48. The van der Waals surface area contributed by atoms with Crippen molar-refractivity contribution in [2.45, 2.75) is 18.4 Å². The quantitative estimate of drug-likeness (QED) is 0.552. The minimum Gasteiger partial charge on any atom is -0.297 e. The van der Waals surface area contributed by atoms with Gasteiger partial charge in [0.25, 0.3) is 0 Å². The lowest BCUT2D eigenvalue weighted by atomic mass is 10.1. The number of para-hydroxylation sites is 1. The monoisotopic (exact) mass is 363 g/mol. The minimum absolute atomic E-state index is 0.174. The maximum atomic E-state index is 12.5. The lowest BCUT2D eigenvalue weighted by molar-refractivity contribution is 0.581. The van der Waals surface area contributed by atoms with Crippen molar-refractivity contribution in [2.24, 2.45) is 0 Å². The third-order valence-electron chi connectivity index (χ3n) is 3.75. The number of fused-ring (bicyclic) bond motifs is 1. The summed E-state index contributed by atoms with van der Waals surface area (Å²) in [6.07, 6.45) is 1.67. The van der Waals surface area contributed by atoms with Crippen molar-refractivity contribution in [3.63, 3.8) is 0 Å². The number of nitrogens with zero attached hydrogens (tertiary/aromatic N) is 1. The molecule has 2 N–H and O–H groups in total. The molecule has 0 aliphatic heterocycles. The van der Waals surface area contributed by atoms with Crippen molar-refractivity contribution in [1.29, 1.82) is 5.41 Å². The van der Waals surface area contributed by atoms with E-state index >= 15 is 0 Å². The summed E-state index contributed by atoms with van der Waals surface area (Å²) in [5.74, 6) is 5.45. The number of rotatable bonds is 4. The van der Waals surface area contributed by atoms with Crippen LogP contribution in [0.3, 0.4) is 0 Å². The predicted octanol–water partition coefficient (Wildman–Crippen LogP) is 3.10. The third kappa shape index (κ3) is 4.14. The second-order valence-electron chi connectivity index (χ2n) is 5.71. The molecule has 0 radical (unpaired) electrons. The van der Waals surface area contributed by atoms with Gasteiger partial charge in [0.05, 0.1) is 16.1 Å². The van der Waals surface area contributed by atoms with Gasteiger partial charge in [-0.1, -0.05) is 24.1 Å². The van der Waals surface area contributed by atoms with Crippen LogP contribution in [0.5, 0.6) is 0 Å². The highest BCUT2D eigenvalue weighted by atomic mass is 32.2. The standard InChI is InChI=1S/C20H17N3O2S/c1-15(21)6-7-16-8-10-18(11-9-16)26(24,25)23-14-17-12-13-22-20-5-3-2-4-19(17)20/h2-5,8-13,21,23H,14H2,1H3. The molecule has 130 valence electrons. The Morgan fingerprint density at radius 3 is 2.58 bits per heavy atom. The summed E-state index contributed by atoms with van der Waals surface area (Å²) in [5, 5.41) is 8.22. The van der Waals surface area contributed by atoms with Crippen LogP contribution in [0.4, 0.5) is 0 Å². The molecular formula is C20H17N3O2S. The summed E-state index contributed by atoms with van der Waals surface area (Å²) < 4.78 is 27.7.